The van der Waals surface area contributed by atoms with E-state index < -0.39 is 8.07 Å². The van der Waals surface area contributed by atoms with Crippen LogP contribution in [0.4, 0.5) is 0 Å². The highest BCUT2D eigenvalue weighted by molar-refractivity contribution is 6.83. The van der Waals surface area contributed by atoms with Crippen molar-refractivity contribution in [2.24, 2.45) is 0 Å². The molecule has 0 fully saturated rings. The lowest BCUT2D eigenvalue weighted by Gasteiger charge is -2.26. The molecule has 0 heterocycles. The van der Waals surface area contributed by atoms with Crippen LogP contribution in [-0.4, -0.2) is 20.8 Å². The highest BCUT2D eigenvalue weighted by Crippen LogP contribution is 2.23. The van der Waals surface area contributed by atoms with Crippen molar-refractivity contribution in [1.29, 1.82) is 0 Å². The second kappa shape index (κ2) is 6.35. The second-order valence-electron chi connectivity index (χ2n) is 5.20. The molecule has 2 heteroatoms. The van der Waals surface area contributed by atoms with Crippen LogP contribution >= 0.6 is 0 Å². The molecule has 0 aromatic rings. The second-order valence-corrected chi connectivity index (χ2v) is 9.95. The van der Waals surface area contributed by atoms with E-state index in [1.807, 2.05) is 0 Å². The molecule has 0 aliphatic carbocycles. The molecule has 0 aromatic carbocycles. The molecule has 0 aliphatic rings. The molecule has 0 rings (SSSR count). The SMILES string of the molecule is CCCC(C#C[Si](C)(C)C)(CCC)OC. The Balaban J connectivity index is 4.80. The van der Waals surface area contributed by atoms with Crippen LogP contribution in [0.3, 0.4) is 0 Å². The summed E-state index contributed by atoms with van der Waals surface area (Å²) in [6, 6.07) is 0. The van der Waals surface area contributed by atoms with Crippen LogP contribution in [0.2, 0.25) is 19.6 Å². The average Bonchev–Trinajstić information content (AvgIpc) is 2.14. The summed E-state index contributed by atoms with van der Waals surface area (Å²) in [5, 5.41) is 0. The van der Waals surface area contributed by atoms with Gasteiger partial charge in [0.2, 0.25) is 0 Å². The third-order valence-corrected chi connectivity index (χ3v) is 3.24. The van der Waals surface area contributed by atoms with Gasteiger partial charge in [0.05, 0.1) is 0 Å². The molecule has 0 aliphatic heterocycles. The van der Waals surface area contributed by atoms with E-state index in [0.717, 1.165) is 25.7 Å². The largest absolute Gasteiger partial charge is 0.366 e. The molecular weight excluding hydrogens is 200 g/mol. The molecule has 0 atom stereocenters. The van der Waals surface area contributed by atoms with Gasteiger partial charge in [-0.2, -0.15) is 0 Å². The van der Waals surface area contributed by atoms with Gasteiger partial charge < -0.3 is 4.74 Å². The molecule has 0 aromatic heterocycles. The number of hydrogen-bond donors (Lipinski definition) is 0. The predicted octanol–water partition coefficient (Wildman–Crippen LogP) is 3.85. The van der Waals surface area contributed by atoms with Crippen LogP contribution in [0.15, 0.2) is 0 Å². The number of ether oxygens (including phenoxy) is 1. The molecule has 0 saturated heterocycles. The minimum Gasteiger partial charge on any atom is -0.366 e. The molecule has 0 unspecified atom stereocenters. The minimum atomic E-state index is -1.28. The van der Waals surface area contributed by atoms with Crippen LogP contribution in [-0.2, 0) is 4.74 Å². The monoisotopic (exact) mass is 226 g/mol. The Kier molecular flexibility index (Phi) is 6.24. The van der Waals surface area contributed by atoms with Crippen molar-refractivity contribution in [2.75, 3.05) is 7.11 Å². The predicted molar refractivity (Wildman–Crippen MR) is 70.7 cm³/mol. The highest BCUT2D eigenvalue weighted by Gasteiger charge is 2.25. The van der Waals surface area contributed by atoms with Crippen molar-refractivity contribution >= 4 is 8.07 Å². The zero-order chi connectivity index (χ0) is 11.9. The van der Waals surface area contributed by atoms with Crippen LogP contribution in [0.5, 0.6) is 0 Å². The third kappa shape index (κ3) is 6.02. The van der Waals surface area contributed by atoms with E-state index in [1.165, 1.54) is 0 Å². The van der Waals surface area contributed by atoms with Gasteiger partial charge in [-0.3, -0.25) is 0 Å². The van der Waals surface area contributed by atoms with Gasteiger partial charge in [0, 0.05) is 7.11 Å². The first-order valence-electron chi connectivity index (χ1n) is 5.98. The molecule has 1 nitrogen and oxygen atoms in total. The Morgan fingerprint density at radius 1 is 1.07 bits per heavy atom. The fourth-order valence-corrected chi connectivity index (χ4v) is 2.22. The smallest absolute Gasteiger partial charge is 0.129 e. The summed E-state index contributed by atoms with van der Waals surface area (Å²) in [5.41, 5.74) is 3.27. The van der Waals surface area contributed by atoms with Crippen molar-refractivity contribution < 1.29 is 4.74 Å². The van der Waals surface area contributed by atoms with Gasteiger partial charge in [-0.25, -0.2) is 0 Å². The van der Waals surface area contributed by atoms with Gasteiger partial charge in [-0.05, 0) is 12.8 Å². The lowest BCUT2D eigenvalue weighted by Crippen LogP contribution is -2.30. The standard InChI is InChI=1S/C13H26OSi/c1-7-9-13(14-3,10-8-2)11-12-15(4,5)6/h7-10H2,1-6H3. The molecule has 0 N–H and O–H groups in total. The topological polar surface area (TPSA) is 9.23 Å². The van der Waals surface area contributed by atoms with Gasteiger partial charge >= 0.3 is 0 Å². The van der Waals surface area contributed by atoms with E-state index in [2.05, 4.69) is 45.0 Å². The molecule has 88 valence electrons. The summed E-state index contributed by atoms with van der Waals surface area (Å²) in [4.78, 5) is 0. The van der Waals surface area contributed by atoms with E-state index in [-0.39, 0.29) is 5.60 Å². The van der Waals surface area contributed by atoms with E-state index in [0.29, 0.717) is 0 Å². The highest BCUT2D eigenvalue weighted by atomic mass is 28.3. The maximum absolute atomic E-state index is 5.66. The normalized spacial score (nSPS) is 12.1. The Morgan fingerprint density at radius 2 is 1.53 bits per heavy atom. The molecule has 0 bridgehead atoms. The van der Waals surface area contributed by atoms with Crippen LogP contribution in [0.1, 0.15) is 39.5 Å². The summed E-state index contributed by atoms with van der Waals surface area (Å²) in [7, 11) is 0.513. The summed E-state index contributed by atoms with van der Waals surface area (Å²) >= 11 is 0. The number of methoxy groups -OCH3 is 1. The van der Waals surface area contributed by atoms with Crippen LogP contribution < -0.4 is 0 Å². The zero-order valence-corrected chi connectivity index (χ0v) is 12.2. The van der Waals surface area contributed by atoms with Gasteiger partial charge in [-0.15, -0.1) is 5.54 Å². The van der Waals surface area contributed by atoms with Crippen molar-refractivity contribution in [2.45, 2.75) is 64.8 Å². The van der Waals surface area contributed by atoms with E-state index in [9.17, 15) is 0 Å². The fourth-order valence-electron chi connectivity index (χ4n) is 1.61. The van der Waals surface area contributed by atoms with E-state index in [4.69, 9.17) is 4.74 Å². The van der Waals surface area contributed by atoms with Gasteiger partial charge in [0.1, 0.15) is 13.7 Å². The van der Waals surface area contributed by atoms with E-state index in [1.54, 1.807) is 7.11 Å². The number of rotatable bonds is 5. The molecular formula is C13H26OSi. The summed E-state index contributed by atoms with van der Waals surface area (Å²) in [6.45, 7) is 11.2. The first-order chi connectivity index (χ1) is 6.89. The Bertz CT molecular complexity index is 223. The van der Waals surface area contributed by atoms with Crippen LogP contribution in [0.25, 0.3) is 0 Å². The quantitative estimate of drug-likeness (QED) is 0.511. The maximum atomic E-state index is 5.66. The summed E-state index contributed by atoms with van der Waals surface area (Å²) in [5.74, 6) is 3.41. The zero-order valence-electron chi connectivity index (χ0n) is 11.2. The van der Waals surface area contributed by atoms with Crippen LogP contribution in [0, 0.1) is 11.5 Å². The average molecular weight is 226 g/mol. The Hall–Kier alpha value is -0.263. The molecule has 15 heavy (non-hydrogen) atoms. The first kappa shape index (κ1) is 14.7. The summed E-state index contributed by atoms with van der Waals surface area (Å²) < 4.78 is 5.66. The van der Waals surface area contributed by atoms with Crippen molar-refractivity contribution in [3.05, 3.63) is 0 Å². The Labute approximate surface area is 96.6 Å². The number of hydrogen-bond acceptors (Lipinski definition) is 1. The lowest BCUT2D eigenvalue weighted by atomic mass is 9.93. The third-order valence-electron chi connectivity index (χ3n) is 2.36. The van der Waals surface area contributed by atoms with E-state index >= 15 is 0 Å². The molecule has 0 saturated carbocycles. The first-order valence-corrected chi connectivity index (χ1v) is 9.48. The molecule has 0 amide bonds. The van der Waals surface area contributed by atoms with Gasteiger partial charge in [0.15, 0.2) is 0 Å². The minimum absolute atomic E-state index is 0.177. The Morgan fingerprint density at radius 3 is 1.80 bits per heavy atom. The van der Waals surface area contributed by atoms with Gasteiger partial charge in [0.25, 0.3) is 0 Å². The van der Waals surface area contributed by atoms with Crippen molar-refractivity contribution in [3.8, 4) is 11.5 Å². The maximum Gasteiger partial charge on any atom is 0.129 e. The molecule has 0 radical (unpaired) electrons. The van der Waals surface area contributed by atoms with Crippen molar-refractivity contribution in [3.63, 3.8) is 0 Å². The fraction of sp³-hybridized carbons (Fsp3) is 0.846. The lowest BCUT2D eigenvalue weighted by molar-refractivity contribution is 0.0252. The summed E-state index contributed by atoms with van der Waals surface area (Å²) in [6.07, 6.45) is 4.37. The molecule has 0 spiro atoms. The van der Waals surface area contributed by atoms with Gasteiger partial charge in [-0.1, -0.05) is 52.3 Å². The van der Waals surface area contributed by atoms with Crippen molar-refractivity contribution in [1.82, 2.24) is 0 Å².